The Morgan fingerprint density at radius 3 is 2.38 bits per heavy atom. The number of carbonyl (C=O) groups is 1. The molecule has 1 N–H and O–H groups in total. The van der Waals surface area contributed by atoms with Crippen molar-refractivity contribution in [3.63, 3.8) is 0 Å². The molecular formula is C20H24O4. The predicted octanol–water partition coefficient (Wildman–Crippen LogP) is 4.07. The van der Waals surface area contributed by atoms with Crippen LogP contribution in [0.5, 0.6) is 11.5 Å². The maximum atomic E-state index is 11.8. The van der Waals surface area contributed by atoms with E-state index in [2.05, 4.69) is 6.92 Å². The molecule has 0 spiro atoms. The summed E-state index contributed by atoms with van der Waals surface area (Å²) in [5, 5.41) is 9.69. The number of methoxy groups -OCH3 is 1. The molecule has 1 unspecified atom stereocenters. The summed E-state index contributed by atoms with van der Waals surface area (Å²) in [6, 6.07) is 13.3. The lowest BCUT2D eigenvalue weighted by Gasteiger charge is -2.18. The summed E-state index contributed by atoms with van der Waals surface area (Å²) in [5.74, 6) is -0.217. The van der Waals surface area contributed by atoms with Gasteiger partial charge in [-0.2, -0.15) is 0 Å². The van der Waals surface area contributed by atoms with Crippen LogP contribution >= 0.6 is 0 Å². The van der Waals surface area contributed by atoms with Crippen molar-refractivity contribution < 1.29 is 19.4 Å². The second-order valence-electron chi connectivity index (χ2n) is 5.57. The molecule has 0 aliphatic carbocycles. The molecular weight excluding hydrogens is 304 g/mol. The Morgan fingerprint density at radius 1 is 1.12 bits per heavy atom. The zero-order valence-corrected chi connectivity index (χ0v) is 14.4. The Bertz CT molecular complexity index is 677. The molecule has 0 fully saturated rings. The van der Waals surface area contributed by atoms with Crippen LogP contribution in [0.2, 0.25) is 0 Å². The van der Waals surface area contributed by atoms with Crippen molar-refractivity contribution in [1.29, 1.82) is 0 Å². The van der Waals surface area contributed by atoms with Gasteiger partial charge in [0.1, 0.15) is 0 Å². The normalized spacial score (nSPS) is 11.8. The SMILES string of the molecule is CCOc1c(CC(C(=O)O)c2ccc(CC)cc2)cccc1OC. The molecule has 0 aromatic heterocycles. The van der Waals surface area contributed by atoms with Crippen LogP contribution in [0, 0.1) is 0 Å². The summed E-state index contributed by atoms with van der Waals surface area (Å²) >= 11 is 0. The van der Waals surface area contributed by atoms with Crippen LogP contribution in [0.1, 0.15) is 36.5 Å². The number of carboxylic acid groups (broad SMARTS) is 1. The Kier molecular flexibility index (Phi) is 6.24. The van der Waals surface area contributed by atoms with E-state index < -0.39 is 11.9 Å². The molecule has 0 saturated carbocycles. The second-order valence-corrected chi connectivity index (χ2v) is 5.57. The number of benzene rings is 2. The van der Waals surface area contributed by atoms with Crippen molar-refractivity contribution in [2.45, 2.75) is 32.6 Å². The summed E-state index contributed by atoms with van der Waals surface area (Å²) < 4.78 is 11.0. The average molecular weight is 328 g/mol. The third-order valence-electron chi connectivity index (χ3n) is 4.08. The van der Waals surface area contributed by atoms with Crippen molar-refractivity contribution in [1.82, 2.24) is 0 Å². The van der Waals surface area contributed by atoms with Crippen LogP contribution in [0.4, 0.5) is 0 Å². The van der Waals surface area contributed by atoms with Gasteiger partial charge in [0.2, 0.25) is 0 Å². The summed E-state index contributed by atoms with van der Waals surface area (Å²) in [7, 11) is 1.58. The molecule has 4 heteroatoms. The third kappa shape index (κ3) is 4.07. The summed E-state index contributed by atoms with van der Waals surface area (Å²) in [5.41, 5.74) is 2.83. The molecule has 0 radical (unpaired) electrons. The van der Waals surface area contributed by atoms with Crippen LogP contribution in [-0.4, -0.2) is 24.8 Å². The van der Waals surface area contributed by atoms with Crippen LogP contribution < -0.4 is 9.47 Å². The number of aliphatic carboxylic acids is 1. The minimum atomic E-state index is -0.843. The van der Waals surface area contributed by atoms with Gasteiger partial charge in [-0.1, -0.05) is 43.3 Å². The number of ether oxygens (including phenoxy) is 2. The number of hydrogen-bond acceptors (Lipinski definition) is 3. The van der Waals surface area contributed by atoms with E-state index in [1.165, 1.54) is 5.56 Å². The first-order valence-corrected chi connectivity index (χ1v) is 8.21. The first-order chi connectivity index (χ1) is 11.6. The Morgan fingerprint density at radius 2 is 1.83 bits per heavy atom. The predicted molar refractivity (Wildman–Crippen MR) is 94.1 cm³/mol. The van der Waals surface area contributed by atoms with E-state index in [0.717, 1.165) is 17.5 Å². The molecule has 0 bridgehead atoms. The second kappa shape index (κ2) is 8.39. The van der Waals surface area contributed by atoms with Gasteiger partial charge in [0.25, 0.3) is 0 Å². The van der Waals surface area contributed by atoms with Crippen LogP contribution in [0.3, 0.4) is 0 Å². The highest BCUT2D eigenvalue weighted by Crippen LogP contribution is 2.34. The zero-order valence-electron chi connectivity index (χ0n) is 14.4. The largest absolute Gasteiger partial charge is 0.493 e. The topological polar surface area (TPSA) is 55.8 Å². The van der Waals surface area contributed by atoms with Crippen molar-refractivity contribution in [3.05, 3.63) is 59.2 Å². The van der Waals surface area contributed by atoms with Gasteiger partial charge in [0.05, 0.1) is 19.6 Å². The van der Waals surface area contributed by atoms with Crippen molar-refractivity contribution >= 4 is 5.97 Å². The van der Waals surface area contributed by atoms with Gasteiger partial charge in [0, 0.05) is 0 Å². The van der Waals surface area contributed by atoms with Gasteiger partial charge in [-0.3, -0.25) is 4.79 Å². The van der Waals surface area contributed by atoms with Gasteiger partial charge in [-0.15, -0.1) is 0 Å². The highest BCUT2D eigenvalue weighted by molar-refractivity contribution is 5.77. The minimum absolute atomic E-state index is 0.355. The van der Waals surface area contributed by atoms with E-state index in [0.29, 0.717) is 24.5 Å². The van der Waals surface area contributed by atoms with E-state index >= 15 is 0 Å². The summed E-state index contributed by atoms with van der Waals surface area (Å²) in [6.07, 6.45) is 1.29. The van der Waals surface area contributed by atoms with Crippen molar-refractivity contribution in [3.8, 4) is 11.5 Å². The van der Waals surface area contributed by atoms with Gasteiger partial charge in [-0.25, -0.2) is 0 Å². The maximum absolute atomic E-state index is 11.8. The number of para-hydroxylation sites is 1. The first kappa shape index (κ1) is 17.9. The monoisotopic (exact) mass is 328 g/mol. The van der Waals surface area contributed by atoms with Gasteiger partial charge in [-0.05, 0) is 42.5 Å². The Labute approximate surface area is 143 Å². The molecule has 0 heterocycles. The fourth-order valence-electron chi connectivity index (χ4n) is 2.74. The lowest BCUT2D eigenvalue weighted by molar-refractivity contribution is -0.138. The number of hydrogen-bond donors (Lipinski definition) is 1. The molecule has 2 aromatic rings. The van der Waals surface area contributed by atoms with Gasteiger partial charge >= 0.3 is 5.97 Å². The average Bonchev–Trinajstić information content (AvgIpc) is 2.60. The lowest BCUT2D eigenvalue weighted by atomic mass is 9.91. The molecule has 2 rings (SSSR count). The fourth-order valence-corrected chi connectivity index (χ4v) is 2.74. The van der Waals surface area contributed by atoms with E-state index in [4.69, 9.17) is 9.47 Å². The molecule has 128 valence electrons. The van der Waals surface area contributed by atoms with Crippen LogP contribution in [0.25, 0.3) is 0 Å². The standard InChI is InChI=1S/C20H24O4/c1-4-14-9-11-15(12-10-14)17(20(21)22)13-16-7-6-8-18(23-3)19(16)24-5-2/h6-12,17H,4-5,13H2,1-3H3,(H,21,22). The molecule has 0 aliphatic rings. The quantitative estimate of drug-likeness (QED) is 0.794. The smallest absolute Gasteiger partial charge is 0.311 e. The molecule has 0 aliphatic heterocycles. The van der Waals surface area contributed by atoms with Gasteiger partial charge in [0.15, 0.2) is 11.5 Å². The third-order valence-corrected chi connectivity index (χ3v) is 4.08. The lowest BCUT2D eigenvalue weighted by Crippen LogP contribution is -2.15. The Hall–Kier alpha value is -2.49. The van der Waals surface area contributed by atoms with Crippen LogP contribution in [-0.2, 0) is 17.6 Å². The molecule has 24 heavy (non-hydrogen) atoms. The Balaban J connectivity index is 2.35. The highest BCUT2D eigenvalue weighted by Gasteiger charge is 2.23. The van der Waals surface area contributed by atoms with E-state index in [1.807, 2.05) is 49.4 Å². The minimum Gasteiger partial charge on any atom is -0.493 e. The molecule has 4 nitrogen and oxygen atoms in total. The number of rotatable bonds is 8. The fraction of sp³-hybridized carbons (Fsp3) is 0.350. The number of carboxylic acids is 1. The summed E-state index contributed by atoms with van der Waals surface area (Å²) in [6.45, 7) is 4.47. The highest BCUT2D eigenvalue weighted by atomic mass is 16.5. The summed E-state index contributed by atoms with van der Waals surface area (Å²) in [4.78, 5) is 11.8. The van der Waals surface area contributed by atoms with Crippen molar-refractivity contribution in [2.75, 3.05) is 13.7 Å². The molecule has 0 amide bonds. The van der Waals surface area contributed by atoms with Gasteiger partial charge < -0.3 is 14.6 Å². The zero-order chi connectivity index (χ0) is 17.5. The molecule has 2 aromatic carbocycles. The van der Waals surface area contributed by atoms with E-state index in [9.17, 15) is 9.90 Å². The molecule has 1 atom stereocenters. The maximum Gasteiger partial charge on any atom is 0.311 e. The van der Waals surface area contributed by atoms with E-state index in [1.54, 1.807) is 7.11 Å². The van der Waals surface area contributed by atoms with E-state index in [-0.39, 0.29) is 0 Å². The van der Waals surface area contributed by atoms with Crippen molar-refractivity contribution in [2.24, 2.45) is 0 Å². The first-order valence-electron chi connectivity index (χ1n) is 8.21. The number of aryl methyl sites for hydroxylation is 1. The molecule has 0 saturated heterocycles. The van der Waals surface area contributed by atoms with Crippen LogP contribution in [0.15, 0.2) is 42.5 Å².